The van der Waals surface area contributed by atoms with Crippen molar-refractivity contribution in [2.45, 2.75) is 33.2 Å². The molecular formula is C14H21NO2. The maximum atomic E-state index is 10.5. The minimum Gasteiger partial charge on any atom is -0.457 e. The van der Waals surface area contributed by atoms with Gasteiger partial charge in [0, 0.05) is 0 Å². The van der Waals surface area contributed by atoms with Gasteiger partial charge in [-0.25, -0.2) is 0 Å². The SMILES string of the molecule is CC(C)C1CCN(Cc2ccc(C=O)o2)CC1. The second-order valence-corrected chi connectivity index (χ2v) is 5.28. The van der Waals surface area contributed by atoms with Gasteiger partial charge in [0.2, 0.25) is 0 Å². The Kier molecular flexibility index (Phi) is 4.00. The van der Waals surface area contributed by atoms with Crippen LogP contribution in [0.25, 0.3) is 0 Å². The average Bonchev–Trinajstić information content (AvgIpc) is 2.77. The average molecular weight is 235 g/mol. The molecule has 0 aromatic carbocycles. The van der Waals surface area contributed by atoms with Gasteiger partial charge in [-0.1, -0.05) is 13.8 Å². The third-order valence-electron chi connectivity index (χ3n) is 3.75. The van der Waals surface area contributed by atoms with Crippen LogP contribution in [0, 0.1) is 11.8 Å². The van der Waals surface area contributed by atoms with Gasteiger partial charge in [0.05, 0.1) is 6.54 Å². The normalized spacial score (nSPS) is 18.8. The molecule has 0 saturated carbocycles. The molecule has 0 spiro atoms. The number of nitrogens with zero attached hydrogens (tertiary/aromatic N) is 1. The molecule has 0 unspecified atom stereocenters. The Balaban J connectivity index is 1.83. The molecule has 1 aliphatic rings. The van der Waals surface area contributed by atoms with Crippen molar-refractivity contribution in [1.29, 1.82) is 0 Å². The molecule has 1 saturated heterocycles. The zero-order chi connectivity index (χ0) is 12.3. The molecule has 1 aromatic heterocycles. The Hall–Kier alpha value is -1.09. The lowest BCUT2D eigenvalue weighted by Gasteiger charge is -2.33. The molecule has 0 aliphatic carbocycles. The van der Waals surface area contributed by atoms with Gasteiger partial charge in [-0.3, -0.25) is 9.69 Å². The summed E-state index contributed by atoms with van der Waals surface area (Å²) in [5.41, 5.74) is 0. The van der Waals surface area contributed by atoms with Crippen molar-refractivity contribution in [3.63, 3.8) is 0 Å². The fourth-order valence-corrected chi connectivity index (χ4v) is 2.54. The number of rotatable bonds is 4. The minimum absolute atomic E-state index is 0.428. The van der Waals surface area contributed by atoms with E-state index in [-0.39, 0.29) is 0 Å². The van der Waals surface area contributed by atoms with Crippen LogP contribution in [0.1, 0.15) is 43.0 Å². The topological polar surface area (TPSA) is 33.5 Å². The third-order valence-corrected chi connectivity index (χ3v) is 3.75. The number of hydrogen-bond donors (Lipinski definition) is 0. The van der Waals surface area contributed by atoms with E-state index in [1.54, 1.807) is 6.07 Å². The summed E-state index contributed by atoms with van der Waals surface area (Å²) in [5, 5.41) is 0. The van der Waals surface area contributed by atoms with Gasteiger partial charge < -0.3 is 4.42 Å². The van der Waals surface area contributed by atoms with Gasteiger partial charge in [-0.15, -0.1) is 0 Å². The number of hydrogen-bond acceptors (Lipinski definition) is 3. The lowest BCUT2D eigenvalue weighted by Crippen LogP contribution is -2.34. The summed E-state index contributed by atoms with van der Waals surface area (Å²) in [4.78, 5) is 12.9. The van der Waals surface area contributed by atoms with E-state index in [2.05, 4.69) is 18.7 Å². The Morgan fingerprint density at radius 3 is 2.65 bits per heavy atom. The van der Waals surface area contributed by atoms with Gasteiger partial charge in [0.1, 0.15) is 5.76 Å². The molecular weight excluding hydrogens is 214 g/mol. The quantitative estimate of drug-likeness (QED) is 0.752. The Morgan fingerprint density at radius 1 is 1.41 bits per heavy atom. The Labute approximate surface area is 103 Å². The van der Waals surface area contributed by atoms with E-state index < -0.39 is 0 Å². The molecule has 2 rings (SSSR count). The zero-order valence-corrected chi connectivity index (χ0v) is 10.7. The van der Waals surface area contributed by atoms with E-state index in [0.717, 1.165) is 43.5 Å². The van der Waals surface area contributed by atoms with Gasteiger partial charge in [0.25, 0.3) is 0 Å². The Morgan fingerprint density at radius 2 is 2.12 bits per heavy atom. The first-order valence-electron chi connectivity index (χ1n) is 6.45. The van der Waals surface area contributed by atoms with Crippen molar-refractivity contribution in [1.82, 2.24) is 4.90 Å². The Bertz CT molecular complexity index is 362. The van der Waals surface area contributed by atoms with Gasteiger partial charge in [-0.2, -0.15) is 0 Å². The van der Waals surface area contributed by atoms with Crippen LogP contribution in [0.15, 0.2) is 16.5 Å². The predicted molar refractivity (Wildman–Crippen MR) is 66.9 cm³/mol. The minimum atomic E-state index is 0.428. The molecule has 3 heteroatoms. The van der Waals surface area contributed by atoms with Crippen molar-refractivity contribution in [3.8, 4) is 0 Å². The fraction of sp³-hybridized carbons (Fsp3) is 0.643. The fourth-order valence-electron chi connectivity index (χ4n) is 2.54. The van der Waals surface area contributed by atoms with Crippen LogP contribution in [0.3, 0.4) is 0 Å². The molecule has 0 N–H and O–H groups in total. The number of piperidine rings is 1. The lowest BCUT2D eigenvalue weighted by molar-refractivity contribution is 0.109. The standard InChI is InChI=1S/C14H21NO2/c1-11(2)12-5-7-15(8-6-12)9-13-3-4-14(10-16)17-13/h3-4,10-12H,5-9H2,1-2H3. The maximum absolute atomic E-state index is 10.5. The van der Waals surface area contributed by atoms with Crippen molar-refractivity contribution >= 4 is 6.29 Å². The van der Waals surface area contributed by atoms with Crippen LogP contribution < -0.4 is 0 Å². The van der Waals surface area contributed by atoms with Crippen LogP contribution in [0.4, 0.5) is 0 Å². The second-order valence-electron chi connectivity index (χ2n) is 5.28. The number of likely N-dealkylation sites (tertiary alicyclic amines) is 1. The highest BCUT2D eigenvalue weighted by molar-refractivity contribution is 5.70. The summed E-state index contributed by atoms with van der Waals surface area (Å²) in [5.74, 6) is 2.99. The van der Waals surface area contributed by atoms with Crippen LogP contribution in [-0.4, -0.2) is 24.3 Å². The van der Waals surface area contributed by atoms with Crippen molar-refractivity contribution in [3.05, 3.63) is 23.7 Å². The van der Waals surface area contributed by atoms with Crippen LogP contribution in [0.5, 0.6) is 0 Å². The molecule has 0 bridgehead atoms. The van der Waals surface area contributed by atoms with E-state index in [1.165, 1.54) is 12.8 Å². The number of carbonyl (C=O) groups excluding carboxylic acids is 1. The van der Waals surface area contributed by atoms with Gasteiger partial charge in [0.15, 0.2) is 12.0 Å². The molecule has 1 aliphatic heterocycles. The van der Waals surface area contributed by atoms with Crippen LogP contribution >= 0.6 is 0 Å². The summed E-state index contributed by atoms with van der Waals surface area (Å²) in [6, 6.07) is 3.64. The molecule has 3 nitrogen and oxygen atoms in total. The van der Waals surface area contributed by atoms with Crippen LogP contribution in [0.2, 0.25) is 0 Å². The number of furan rings is 1. The maximum Gasteiger partial charge on any atom is 0.185 e. The first kappa shape index (κ1) is 12.4. The summed E-state index contributed by atoms with van der Waals surface area (Å²) < 4.78 is 5.40. The first-order chi connectivity index (χ1) is 8.19. The van der Waals surface area contributed by atoms with E-state index >= 15 is 0 Å². The monoisotopic (exact) mass is 235 g/mol. The molecule has 0 radical (unpaired) electrons. The summed E-state index contributed by atoms with van der Waals surface area (Å²) in [7, 11) is 0. The summed E-state index contributed by atoms with van der Waals surface area (Å²) in [6.07, 6.45) is 3.31. The molecule has 17 heavy (non-hydrogen) atoms. The van der Waals surface area contributed by atoms with Crippen molar-refractivity contribution in [2.24, 2.45) is 11.8 Å². The summed E-state index contributed by atoms with van der Waals surface area (Å²) >= 11 is 0. The lowest BCUT2D eigenvalue weighted by atomic mass is 9.87. The molecule has 0 atom stereocenters. The van der Waals surface area contributed by atoms with E-state index in [0.29, 0.717) is 5.76 Å². The van der Waals surface area contributed by atoms with E-state index in [9.17, 15) is 4.79 Å². The smallest absolute Gasteiger partial charge is 0.185 e. The molecule has 94 valence electrons. The third kappa shape index (κ3) is 3.19. The predicted octanol–water partition coefficient (Wildman–Crippen LogP) is 2.96. The number of aldehydes is 1. The highest BCUT2D eigenvalue weighted by atomic mass is 16.3. The van der Waals surface area contributed by atoms with Crippen LogP contribution in [-0.2, 0) is 6.54 Å². The first-order valence-corrected chi connectivity index (χ1v) is 6.45. The molecule has 1 aromatic rings. The van der Waals surface area contributed by atoms with Crippen molar-refractivity contribution in [2.75, 3.05) is 13.1 Å². The molecule has 0 amide bonds. The highest BCUT2D eigenvalue weighted by Crippen LogP contribution is 2.25. The highest BCUT2D eigenvalue weighted by Gasteiger charge is 2.21. The second kappa shape index (κ2) is 5.50. The largest absolute Gasteiger partial charge is 0.457 e. The summed E-state index contributed by atoms with van der Waals surface area (Å²) in [6.45, 7) is 7.73. The van der Waals surface area contributed by atoms with E-state index in [1.807, 2.05) is 6.07 Å². The van der Waals surface area contributed by atoms with Gasteiger partial charge in [-0.05, 0) is 49.9 Å². The number of carbonyl (C=O) groups is 1. The van der Waals surface area contributed by atoms with Crippen molar-refractivity contribution < 1.29 is 9.21 Å². The van der Waals surface area contributed by atoms with E-state index in [4.69, 9.17) is 4.42 Å². The molecule has 1 fully saturated rings. The zero-order valence-electron chi connectivity index (χ0n) is 10.7. The van der Waals surface area contributed by atoms with Gasteiger partial charge >= 0.3 is 0 Å². The molecule has 2 heterocycles.